The first-order valence-electron chi connectivity index (χ1n) is 4.37. The van der Waals surface area contributed by atoms with E-state index in [0.29, 0.717) is 12.2 Å². The van der Waals surface area contributed by atoms with Gasteiger partial charge in [0.2, 0.25) is 0 Å². The molecule has 0 aliphatic carbocycles. The van der Waals surface area contributed by atoms with Crippen LogP contribution >= 0.6 is 0 Å². The highest BCUT2D eigenvalue weighted by atomic mass is 16.5. The lowest BCUT2D eigenvalue weighted by Gasteiger charge is -2.31. The molecule has 0 aromatic heterocycles. The molecule has 1 heterocycles. The van der Waals surface area contributed by atoms with Crippen molar-refractivity contribution >= 4 is 0 Å². The molecule has 0 aromatic carbocycles. The van der Waals surface area contributed by atoms with Gasteiger partial charge in [-0.05, 0) is 32.6 Å². The van der Waals surface area contributed by atoms with Gasteiger partial charge in [-0.2, -0.15) is 0 Å². The van der Waals surface area contributed by atoms with E-state index in [1.807, 2.05) is 0 Å². The van der Waals surface area contributed by atoms with Gasteiger partial charge in [0.25, 0.3) is 0 Å². The fourth-order valence-electron chi connectivity index (χ4n) is 1.88. The predicted octanol–water partition coefficient (Wildman–Crippen LogP) is 2.60. The summed E-state index contributed by atoms with van der Waals surface area (Å²) >= 11 is 0. The zero-order valence-electron chi connectivity index (χ0n) is 7.26. The van der Waals surface area contributed by atoms with Crippen molar-refractivity contribution < 1.29 is 4.74 Å². The lowest BCUT2D eigenvalue weighted by molar-refractivity contribution is -0.0525. The molecule has 1 saturated heterocycles. The Balaban J connectivity index is 2.35. The zero-order valence-corrected chi connectivity index (χ0v) is 7.26. The summed E-state index contributed by atoms with van der Waals surface area (Å²) in [5, 5.41) is 0. The lowest BCUT2D eigenvalue weighted by Crippen LogP contribution is -2.28. The normalized spacial score (nSPS) is 41.7. The van der Waals surface area contributed by atoms with Crippen molar-refractivity contribution in [1.82, 2.24) is 0 Å². The van der Waals surface area contributed by atoms with Gasteiger partial charge in [-0.3, -0.25) is 0 Å². The lowest BCUT2D eigenvalue weighted by atomic mass is 9.91. The number of hydrogen-bond donors (Lipinski definition) is 0. The Labute approximate surface area is 63.8 Å². The molecule has 0 N–H and O–H groups in total. The zero-order chi connectivity index (χ0) is 7.56. The molecular formula is C9H18O. The van der Waals surface area contributed by atoms with Crippen molar-refractivity contribution in [2.75, 3.05) is 0 Å². The average molecular weight is 142 g/mol. The van der Waals surface area contributed by atoms with Crippen molar-refractivity contribution in [2.24, 2.45) is 5.92 Å². The first kappa shape index (κ1) is 8.06. The molecule has 0 aromatic rings. The summed E-state index contributed by atoms with van der Waals surface area (Å²) in [6.07, 6.45) is 4.84. The maximum Gasteiger partial charge on any atom is 0.0553 e. The van der Waals surface area contributed by atoms with E-state index in [4.69, 9.17) is 4.74 Å². The number of rotatable bonds is 1. The van der Waals surface area contributed by atoms with Crippen LogP contribution in [0.2, 0.25) is 0 Å². The molecule has 1 aliphatic rings. The first-order chi connectivity index (χ1) is 4.72. The SMILES string of the molecule is CC[C@H]1C[C@@H](C)O[C@@H](C)C1. The Morgan fingerprint density at radius 1 is 1.20 bits per heavy atom. The maximum atomic E-state index is 5.62. The van der Waals surface area contributed by atoms with E-state index in [0.717, 1.165) is 5.92 Å². The van der Waals surface area contributed by atoms with E-state index in [9.17, 15) is 0 Å². The highest BCUT2D eigenvalue weighted by Gasteiger charge is 2.22. The van der Waals surface area contributed by atoms with Crippen LogP contribution in [0.25, 0.3) is 0 Å². The van der Waals surface area contributed by atoms with Crippen LogP contribution in [0, 0.1) is 5.92 Å². The van der Waals surface area contributed by atoms with Crippen LogP contribution in [0.5, 0.6) is 0 Å². The van der Waals surface area contributed by atoms with Gasteiger partial charge >= 0.3 is 0 Å². The molecule has 60 valence electrons. The summed E-state index contributed by atoms with van der Waals surface area (Å²) in [5.41, 5.74) is 0. The Bertz CT molecular complexity index is 90.9. The molecular weight excluding hydrogens is 124 g/mol. The maximum absolute atomic E-state index is 5.62. The second-order valence-electron chi connectivity index (χ2n) is 3.50. The third-order valence-electron chi connectivity index (χ3n) is 2.37. The second-order valence-corrected chi connectivity index (χ2v) is 3.50. The van der Waals surface area contributed by atoms with Crippen LogP contribution in [0.1, 0.15) is 40.0 Å². The third kappa shape index (κ3) is 1.98. The van der Waals surface area contributed by atoms with Crippen molar-refractivity contribution in [2.45, 2.75) is 52.2 Å². The van der Waals surface area contributed by atoms with Crippen LogP contribution in [0.15, 0.2) is 0 Å². The van der Waals surface area contributed by atoms with Gasteiger partial charge in [-0.25, -0.2) is 0 Å². The van der Waals surface area contributed by atoms with E-state index in [1.54, 1.807) is 0 Å². The Hall–Kier alpha value is -0.0400. The van der Waals surface area contributed by atoms with Gasteiger partial charge in [-0.1, -0.05) is 13.3 Å². The Kier molecular flexibility index (Phi) is 2.72. The minimum Gasteiger partial charge on any atom is -0.376 e. The molecule has 1 fully saturated rings. The minimum absolute atomic E-state index is 0.494. The van der Waals surface area contributed by atoms with Gasteiger partial charge < -0.3 is 4.74 Å². The quantitative estimate of drug-likeness (QED) is 0.547. The smallest absolute Gasteiger partial charge is 0.0553 e. The largest absolute Gasteiger partial charge is 0.376 e. The highest BCUT2D eigenvalue weighted by Crippen LogP contribution is 2.26. The standard InChI is InChI=1S/C9H18O/c1-4-9-5-7(2)10-8(3)6-9/h7-9H,4-6H2,1-3H3/t7-,8+,9+. The molecule has 10 heavy (non-hydrogen) atoms. The van der Waals surface area contributed by atoms with Crippen molar-refractivity contribution in [3.63, 3.8) is 0 Å². The molecule has 0 unspecified atom stereocenters. The van der Waals surface area contributed by atoms with Crippen LogP contribution in [-0.4, -0.2) is 12.2 Å². The molecule has 0 spiro atoms. The van der Waals surface area contributed by atoms with Crippen LogP contribution in [-0.2, 0) is 4.74 Å². The van der Waals surface area contributed by atoms with Gasteiger partial charge in [0.15, 0.2) is 0 Å². The molecule has 1 heteroatoms. The second kappa shape index (κ2) is 3.38. The molecule has 3 atom stereocenters. The topological polar surface area (TPSA) is 9.23 Å². The monoisotopic (exact) mass is 142 g/mol. The van der Waals surface area contributed by atoms with E-state index < -0.39 is 0 Å². The van der Waals surface area contributed by atoms with E-state index >= 15 is 0 Å². The van der Waals surface area contributed by atoms with Crippen LogP contribution < -0.4 is 0 Å². The highest BCUT2D eigenvalue weighted by molar-refractivity contribution is 4.71. The summed E-state index contributed by atoms with van der Waals surface area (Å²) in [5.74, 6) is 0.916. The predicted molar refractivity (Wildman–Crippen MR) is 43.0 cm³/mol. The first-order valence-corrected chi connectivity index (χ1v) is 4.37. The molecule has 0 radical (unpaired) electrons. The molecule has 1 rings (SSSR count). The fraction of sp³-hybridized carbons (Fsp3) is 1.00. The summed E-state index contributed by atoms with van der Waals surface area (Å²) in [6.45, 7) is 6.63. The molecule has 0 saturated carbocycles. The molecule has 1 aliphatic heterocycles. The van der Waals surface area contributed by atoms with Gasteiger partial charge in [-0.15, -0.1) is 0 Å². The summed E-state index contributed by atoms with van der Waals surface area (Å²) in [4.78, 5) is 0. The van der Waals surface area contributed by atoms with Crippen molar-refractivity contribution in [1.29, 1.82) is 0 Å². The van der Waals surface area contributed by atoms with E-state index in [2.05, 4.69) is 20.8 Å². The molecule has 0 amide bonds. The molecule has 0 bridgehead atoms. The van der Waals surface area contributed by atoms with E-state index in [1.165, 1.54) is 19.3 Å². The third-order valence-corrected chi connectivity index (χ3v) is 2.37. The Morgan fingerprint density at radius 3 is 2.10 bits per heavy atom. The number of ether oxygens (including phenoxy) is 1. The summed E-state index contributed by atoms with van der Waals surface area (Å²) in [6, 6.07) is 0. The summed E-state index contributed by atoms with van der Waals surface area (Å²) < 4.78 is 5.62. The Morgan fingerprint density at radius 2 is 1.70 bits per heavy atom. The minimum atomic E-state index is 0.494. The summed E-state index contributed by atoms with van der Waals surface area (Å²) in [7, 11) is 0. The van der Waals surface area contributed by atoms with Crippen molar-refractivity contribution in [3.8, 4) is 0 Å². The fourth-order valence-corrected chi connectivity index (χ4v) is 1.88. The van der Waals surface area contributed by atoms with E-state index in [-0.39, 0.29) is 0 Å². The van der Waals surface area contributed by atoms with Crippen LogP contribution in [0.3, 0.4) is 0 Å². The van der Waals surface area contributed by atoms with Crippen LogP contribution in [0.4, 0.5) is 0 Å². The van der Waals surface area contributed by atoms with Gasteiger partial charge in [0, 0.05) is 0 Å². The molecule has 1 nitrogen and oxygen atoms in total. The number of hydrogen-bond acceptors (Lipinski definition) is 1. The average Bonchev–Trinajstić information content (AvgIpc) is 1.85. The van der Waals surface area contributed by atoms with Gasteiger partial charge in [0.1, 0.15) is 0 Å². The van der Waals surface area contributed by atoms with Gasteiger partial charge in [0.05, 0.1) is 12.2 Å². The van der Waals surface area contributed by atoms with Crippen molar-refractivity contribution in [3.05, 3.63) is 0 Å².